The second-order valence-electron chi connectivity index (χ2n) is 9.64. The molecule has 3 rings (SSSR count). The van der Waals surface area contributed by atoms with Crippen LogP contribution in [0, 0.1) is 17.8 Å². The standard InChI is InChI=1S/C29H44O/c1-3-5-7-9-24-10-14-26(15-11-24)28-18-20-29(21-19-28)27-16-12-25(13-17-27)23-30-22-8-6-4-2/h5-8,12-13,16-17,24,26,28-29H,3-4,9-11,14-15,18-23H2,1-2H3/b7-5+,8-6+. The average Bonchev–Trinajstić information content (AvgIpc) is 2.80. The van der Waals surface area contributed by atoms with Crippen LogP contribution in [0.4, 0.5) is 0 Å². The minimum atomic E-state index is 0.719. The SMILES string of the molecule is CC/C=C/COCc1ccc(C2CCC(C3CCC(C/C=C/CC)CC3)CC2)cc1. The van der Waals surface area contributed by atoms with Gasteiger partial charge in [0, 0.05) is 0 Å². The van der Waals surface area contributed by atoms with Crippen molar-refractivity contribution in [3.8, 4) is 0 Å². The van der Waals surface area contributed by atoms with Crippen LogP contribution in [0.2, 0.25) is 0 Å². The lowest BCUT2D eigenvalue weighted by molar-refractivity contribution is 0.148. The van der Waals surface area contributed by atoms with Gasteiger partial charge in [-0.15, -0.1) is 0 Å². The number of benzene rings is 1. The van der Waals surface area contributed by atoms with E-state index in [1.54, 1.807) is 5.56 Å². The number of hydrogen-bond donors (Lipinski definition) is 0. The molecule has 30 heavy (non-hydrogen) atoms. The fourth-order valence-corrected chi connectivity index (χ4v) is 5.64. The maximum absolute atomic E-state index is 5.73. The average molecular weight is 409 g/mol. The Kier molecular flexibility index (Phi) is 10.2. The van der Waals surface area contributed by atoms with E-state index in [1.165, 1.54) is 69.8 Å². The summed E-state index contributed by atoms with van der Waals surface area (Å²) in [6, 6.07) is 9.28. The van der Waals surface area contributed by atoms with E-state index in [4.69, 9.17) is 4.74 Å². The monoisotopic (exact) mass is 408 g/mol. The van der Waals surface area contributed by atoms with Gasteiger partial charge in [0.25, 0.3) is 0 Å². The molecular formula is C29H44O. The van der Waals surface area contributed by atoms with Crippen LogP contribution in [0.25, 0.3) is 0 Å². The van der Waals surface area contributed by atoms with Gasteiger partial charge in [0.2, 0.25) is 0 Å². The Bertz CT molecular complexity index is 625. The van der Waals surface area contributed by atoms with Crippen molar-refractivity contribution in [1.82, 2.24) is 0 Å². The van der Waals surface area contributed by atoms with Gasteiger partial charge in [0.1, 0.15) is 0 Å². The predicted octanol–water partition coefficient (Wildman–Crippen LogP) is 8.61. The molecule has 0 bridgehead atoms. The molecule has 2 saturated carbocycles. The fourth-order valence-electron chi connectivity index (χ4n) is 5.64. The Labute approximate surface area is 186 Å². The summed E-state index contributed by atoms with van der Waals surface area (Å²) < 4.78 is 5.73. The highest BCUT2D eigenvalue weighted by Crippen LogP contribution is 2.44. The molecule has 0 aromatic heterocycles. The molecule has 0 N–H and O–H groups in total. The number of allylic oxidation sites excluding steroid dienone is 3. The summed E-state index contributed by atoms with van der Waals surface area (Å²) >= 11 is 0. The minimum absolute atomic E-state index is 0.719. The van der Waals surface area contributed by atoms with Gasteiger partial charge in [-0.1, -0.05) is 62.4 Å². The van der Waals surface area contributed by atoms with Crippen LogP contribution < -0.4 is 0 Å². The van der Waals surface area contributed by atoms with Crippen LogP contribution in [-0.4, -0.2) is 6.61 Å². The molecule has 0 heterocycles. The highest BCUT2D eigenvalue weighted by atomic mass is 16.5. The molecule has 1 heteroatoms. The van der Waals surface area contributed by atoms with E-state index in [0.29, 0.717) is 0 Å². The van der Waals surface area contributed by atoms with Crippen LogP contribution in [0.3, 0.4) is 0 Å². The molecular weight excluding hydrogens is 364 g/mol. The third-order valence-corrected chi connectivity index (χ3v) is 7.54. The molecule has 166 valence electrons. The highest BCUT2D eigenvalue weighted by molar-refractivity contribution is 5.25. The second kappa shape index (κ2) is 13.2. The summed E-state index contributed by atoms with van der Waals surface area (Å²) in [5, 5.41) is 0. The van der Waals surface area contributed by atoms with Crippen LogP contribution in [0.1, 0.15) is 102 Å². The van der Waals surface area contributed by atoms with Gasteiger partial charge >= 0.3 is 0 Å². The van der Waals surface area contributed by atoms with Gasteiger partial charge in [-0.05, 0) is 105 Å². The van der Waals surface area contributed by atoms with Crippen LogP contribution >= 0.6 is 0 Å². The molecule has 2 aliphatic rings. The van der Waals surface area contributed by atoms with E-state index < -0.39 is 0 Å². The van der Waals surface area contributed by atoms with Gasteiger partial charge in [0.15, 0.2) is 0 Å². The van der Waals surface area contributed by atoms with Gasteiger partial charge in [-0.2, -0.15) is 0 Å². The lowest BCUT2D eigenvalue weighted by Gasteiger charge is -2.38. The molecule has 0 aliphatic heterocycles. The molecule has 0 amide bonds. The van der Waals surface area contributed by atoms with E-state index in [0.717, 1.165) is 43.3 Å². The lowest BCUT2D eigenvalue weighted by Crippen LogP contribution is -2.25. The zero-order valence-electron chi connectivity index (χ0n) is 19.5. The topological polar surface area (TPSA) is 9.23 Å². The lowest BCUT2D eigenvalue weighted by atomic mass is 9.68. The van der Waals surface area contributed by atoms with Gasteiger partial charge in [-0.25, -0.2) is 0 Å². The van der Waals surface area contributed by atoms with Crippen LogP contribution in [0.5, 0.6) is 0 Å². The first-order valence-corrected chi connectivity index (χ1v) is 12.8. The normalized spacial score (nSPS) is 27.8. The number of ether oxygens (including phenoxy) is 1. The van der Waals surface area contributed by atoms with E-state index in [1.807, 2.05) is 0 Å². The first-order valence-electron chi connectivity index (χ1n) is 12.8. The number of hydrogen-bond acceptors (Lipinski definition) is 1. The highest BCUT2D eigenvalue weighted by Gasteiger charge is 2.30. The van der Waals surface area contributed by atoms with E-state index in [9.17, 15) is 0 Å². The van der Waals surface area contributed by atoms with E-state index >= 15 is 0 Å². The minimum Gasteiger partial charge on any atom is -0.373 e. The van der Waals surface area contributed by atoms with Gasteiger partial charge < -0.3 is 4.74 Å². The Morgan fingerprint density at radius 1 is 0.733 bits per heavy atom. The molecule has 0 unspecified atom stereocenters. The molecule has 0 radical (unpaired) electrons. The molecule has 2 fully saturated rings. The largest absolute Gasteiger partial charge is 0.373 e. The van der Waals surface area contributed by atoms with E-state index in [2.05, 4.69) is 62.4 Å². The van der Waals surface area contributed by atoms with Crippen molar-refractivity contribution >= 4 is 0 Å². The van der Waals surface area contributed by atoms with Crippen molar-refractivity contribution in [1.29, 1.82) is 0 Å². The van der Waals surface area contributed by atoms with Crippen molar-refractivity contribution in [3.63, 3.8) is 0 Å². The Hall–Kier alpha value is -1.34. The fraction of sp³-hybridized carbons (Fsp3) is 0.655. The molecule has 1 aromatic carbocycles. The van der Waals surface area contributed by atoms with Crippen molar-refractivity contribution in [2.24, 2.45) is 17.8 Å². The van der Waals surface area contributed by atoms with Crippen molar-refractivity contribution in [3.05, 3.63) is 59.7 Å². The molecule has 0 atom stereocenters. The first kappa shape index (κ1) is 23.3. The third kappa shape index (κ3) is 7.41. The third-order valence-electron chi connectivity index (χ3n) is 7.54. The number of rotatable bonds is 10. The Balaban J connectivity index is 1.37. The smallest absolute Gasteiger partial charge is 0.0721 e. The molecule has 0 saturated heterocycles. The quantitative estimate of drug-likeness (QED) is 0.278. The van der Waals surface area contributed by atoms with Gasteiger partial charge in [-0.3, -0.25) is 0 Å². The van der Waals surface area contributed by atoms with Gasteiger partial charge in [0.05, 0.1) is 13.2 Å². The summed E-state index contributed by atoms with van der Waals surface area (Å²) in [5.41, 5.74) is 2.84. The van der Waals surface area contributed by atoms with Crippen molar-refractivity contribution in [2.75, 3.05) is 6.61 Å². The van der Waals surface area contributed by atoms with E-state index in [-0.39, 0.29) is 0 Å². The summed E-state index contributed by atoms with van der Waals surface area (Å²) in [6.07, 6.45) is 24.2. The Morgan fingerprint density at radius 2 is 1.33 bits per heavy atom. The summed E-state index contributed by atoms with van der Waals surface area (Å²) in [6.45, 7) is 5.83. The molecule has 1 aromatic rings. The maximum Gasteiger partial charge on any atom is 0.0721 e. The molecule has 2 aliphatic carbocycles. The molecule has 0 spiro atoms. The van der Waals surface area contributed by atoms with Crippen LogP contribution in [0.15, 0.2) is 48.6 Å². The maximum atomic E-state index is 5.73. The summed E-state index contributed by atoms with van der Waals surface area (Å²) in [5.74, 6) is 3.75. The Morgan fingerprint density at radius 3 is 1.97 bits per heavy atom. The zero-order chi connectivity index (χ0) is 21.0. The molecule has 1 nitrogen and oxygen atoms in total. The summed E-state index contributed by atoms with van der Waals surface area (Å²) in [4.78, 5) is 0. The van der Waals surface area contributed by atoms with Crippen molar-refractivity contribution in [2.45, 2.75) is 97.0 Å². The second-order valence-corrected chi connectivity index (χ2v) is 9.64. The predicted molar refractivity (Wildman–Crippen MR) is 130 cm³/mol. The van der Waals surface area contributed by atoms with Crippen molar-refractivity contribution < 1.29 is 4.74 Å². The van der Waals surface area contributed by atoms with Crippen LogP contribution in [-0.2, 0) is 11.3 Å². The first-order chi connectivity index (χ1) is 14.8. The summed E-state index contributed by atoms with van der Waals surface area (Å²) in [7, 11) is 0. The zero-order valence-corrected chi connectivity index (χ0v) is 19.5.